The lowest BCUT2D eigenvalue weighted by Gasteiger charge is -2.29. The van der Waals surface area contributed by atoms with Crippen LogP contribution in [-0.4, -0.2) is 62.0 Å². The van der Waals surface area contributed by atoms with Gasteiger partial charge in [-0.3, -0.25) is 4.79 Å². The van der Waals surface area contributed by atoms with Gasteiger partial charge >= 0.3 is 5.97 Å². The van der Waals surface area contributed by atoms with Gasteiger partial charge in [0.1, 0.15) is 12.4 Å². The van der Waals surface area contributed by atoms with Crippen molar-refractivity contribution in [3.63, 3.8) is 0 Å². The number of nitrogens with zero attached hydrogens (tertiary/aromatic N) is 1. The number of benzene rings is 1. The van der Waals surface area contributed by atoms with Crippen molar-refractivity contribution in [3.05, 3.63) is 35.4 Å². The lowest BCUT2D eigenvalue weighted by molar-refractivity contribution is -0.157. The average Bonchev–Trinajstić information content (AvgIpc) is 3.01. The van der Waals surface area contributed by atoms with Crippen molar-refractivity contribution in [1.29, 1.82) is 0 Å². The summed E-state index contributed by atoms with van der Waals surface area (Å²) >= 11 is 0. The summed E-state index contributed by atoms with van der Waals surface area (Å²) in [6, 6.07) is 6.97. The van der Waals surface area contributed by atoms with Gasteiger partial charge in [0.25, 0.3) is 5.91 Å². The number of likely N-dealkylation sites (N-methyl/N-ethyl adjacent to an activating group) is 1. The quantitative estimate of drug-likeness (QED) is 0.703. The third-order valence-electron chi connectivity index (χ3n) is 4.80. The van der Waals surface area contributed by atoms with E-state index in [0.717, 1.165) is 5.56 Å². The minimum Gasteiger partial charge on any atom is -0.488 e. The first kappa shape index (κ1) is 19.4. The molecule has 2 atom stereocenters. The van der Waals surface area contributed by atoms with Crippen LogP contribution in [-0.2, 0) is 24.2 Å². The lowest BCUT2D eigenvalue weighted by atomic mass is 10.1. The summed E-state index contributed by atoms with van der Waals surface area (Å²) in [6.07, 6.45) is 1.11. The van der Waals surface area contributed by atoms with Crippen LogP contribution in [0.3, 0.4) is 0 Å². The molecular weight excluding hydrogens is 370 g/mol. The van der Waals surface area contributed by atoms with Crippen molar-refractivity contribution in [1.82, 2.24) is 4.90 Å². The first-order valence-corrected chi connectivity index (χ1v) is 10.8. The zero-order valence-electron chi connectivity index (χ0n) is 15.4. The number of hydrogen-bond donors (Lipinski definition) is 0. The molecule has 0 N–H and O–H groups in total. The van der Waals surface area contributed by atoms with E-state index < -0.39 is 21.9 Å². The topological polar surface area (TPSA) is 90.0 Å². The summed E-state index contributed by atoms with van der Waals surface area (Å²) in [5.74, 6) is -0.258. The van der Waals surface area contributed by atoms with Crippen LogP contribution in [0, 0.1) is 0 Å². The van der Waals surface area contributed by atoms with Crippen LogP contribution in [0.2, 0.25) is 0 Å². The molecule has 0 spiro atoms. The summed E-state index contributed by atoms with van der Waals surface area (Å²) < 4.78 is 34.3. The number of ether oxygens (including phenoxy) is 2. The minimum atomic E-state index is -3.11. The average molecular weight is 393 g/mol. The van der Waals surface area contributed by atoms with Gasteiger partial charge in [-0.25, -0.2) is 13.2 Å². The first-order valence-electron chi connectivity index (χ1n) is 8.95. The molecular formula is C19H23NO6S. The SMILES string of the molecule is CCN(C(=O)[C@@H](C)OC(=O)C1=Cc2ccccc2OC1)[C@H]1CCS(=O)(=O)C1. The predicted octanol–water partition coefficient (Wildman–Crippen LogP) is 1.43. The van der Waals surface area contributed by atoms with Crippen molar-refractivity contribution < 1.29 is 27.5 Å². The van der Waals surface area contributed by atoms with Gasteiger partial charge in [0.2, 0.25) is 0 Å². The summed E-state index contributed by atoms with van der Waals surface area (Å²) in [4.78, 5) is 26.6. The van der Waals surface area contributed by atoms with Gasteiger partial charge in [-0.2, -0.15) is 0 Å². The van der Waals surface area contributed by atoms with Gasteiger partial charge in [-0.05, 0) is 32.4 Å². The molecule has 0 radical (unpaired) electrons. The highest BCUT2D eigenvalue weighted by molar-refractivity contribution is 7.91. The van der Waals surface area contributed by atoms with Crippen LogP contribution in [0.15, 0.2) is 29.8 Å². The van der Waals surface area contributed by atoms with E-state index in [1.54, 1.807) is 13.0 Å². The number of carbonyl (C=O) groups is 2. The maximum Gasteiger partial charge on any atom is 0.338 e. The zero-order valence-corrected chi connectivity index (χ0v) is 16.2. The number of sulfone groups is 1. The highest BCUT2D eigenvalue weighted by Crippen LogP contribution is 2.26. The predicted molar refractivity (Wildman–Crippen MR) is 99.9 cm³/mol. The second kappa shape index (κ2) is 7.72. The Hall–Kier alpha value is -2.35. The number of fused-ring (bicyclic) bond motifs is 1. The molecule has 1 amide bonds. The Kier molecular flexibility index (Phi) is 5.55. The fraction of sp³-hybridized carbons (Fsp3) is 0.474. The first-order chi connectivity index (χ1) is 12.8. The lowest BCUT2D eigenvalue weighted by Crippen LogP contribution is -2.46. The van der Waals surface area contributed by atoms with E-state index in [1.165, 1.54) is 11.8 Å². The Morgan fingerprint density at radius 1 is 1.33 bits per heavy atom. The Morgan fingerprint density at radius 3 is 2.74 bits per heavy atom. The second-order valence-corrected chi connectivity index (χ2v) is 8.95. The number of hydrogen-bond acceptors (Lipinski definition) is 6. The van der Waals surface area contributed by atoms with Crippen molar-refractivity contribution in [2.75, 3.05) is 24.7 Å². The van der Waals surface area contributed by atoms with Crippen molar-refractivity contribution in [3.8, 4) is 5.75 Å². The van der Waals surface area contributed by atoms with Gasteiger partial charge in [0.15, 0.2) is 15.9 Å². The molecule has 0 unspecified atom stereocenters. The maximum absolute atomic E-state index is 12.7. The maximum atomic E-state index is 12.7. The monoisotopic (exact) mass is 393 g/mol. The number of amides is 1. The second-order valence-electron chi connectivity index (χ2n) is 6.72. The summed E-state index contributed by atoms with van der Waals surface area (Å²) in [7, 11) is -3.11. The van der Waals surface area contributed by atoms with Gasteiger partial charge in [-0.1, -0.05) is 18.2 Å². The molecule has 3 rings (SSSR count). The normalized spacial score (nSPS) is 21.4. The molecule has 2 aliphatic rings. The van der Waals surface area contributed by atoms with E-state index in [4.69, 9.17) is 9.47 Å². The summed E-state index contributed by atoms with van der Waals surface area (Å²) in [5, 5.41) is 0. The van der Waals surface area contributed by atoms with E-state index in [1.807, 2.05) is 24.3 Å². The van der Waals surface area contributed by atoms with Crippen molar-refractivity contribution in [2.24, 2.45) is 0 Å². The number of rotatable bonds is 5. The molecule has 0 bridgehead atoms. The van der Waals surface area contributed by atoms with Crippen LogP contribution in [0.4, 0.5) is 0 Å². The molecule has 0 aliphatic carbocycles. The molecule has 8 heteroatoms. The van der Waals surface area contributed by atoms with Gasteiger partial charge < -0.3 is 14.4 Å². The molecule has 2 aliphatic heterocycles. The molecule has 0 saturated carbocycles. The van der Waals surface area contributed by atoms with Crippen molar-refractivity contribution in [2.45, 2.75) is 32.4 Å². The van der Waals surface area contributed by atoms with Crippen LogP contribution >= 0.6 is 0 Å². The van der Waals surface area contributed by atoms with Gasteiger partial charge in [0, 0.05) is 18.2 Å². The Labute approximate surface area is 158 Å². The zero-order chi connectivity index (χ0) is 19.6. The van der Waals surface area contributed by atoms with E-state index in [2.05, 4.69) is 0 Å². The fourth-order valence-electron chi connectivity index (χ4n) is 3.37. The molecule has 1 aromatic carbocycles. The smallest absolute Gasteiger partial charge is 0.338 e. The standard InChI is InChI=1S/C19H23NO6S/c1-3-20(16-8-9-27(23,24)12-16)18(21)13(2)26-19(22)15-10-14-6-4-5-7-17(14)25-11-15/h4-7,10,13,16H,3,8-9,11-12H2,1-2H3/t13-,16+/m1/s1. The van der Waals surface area contributed by atoms with Gasteiger partial charge in [0.05, 0.1) is 17.1 Å². The van der Waals surface area contributed by atoms with Crippen LogP contribution in [0.25, 0.3) is 6.08 Å². The van der Waals surface area contributed by atoms with Crippen LogP contribution in [0.1, 0.15) is 25.8 Å². The van der Waals surface area contributed by atoms with E-state index in [0.29, 0.717) is 24.3 Å². The van der Waals surface area contributed by atoms with Crippen molar-refractivity contribution >= 4 is 27.8 Å². The largest absolute Gasteiger partial charge is 0.488 e. The highest BCUT2D eigenvalue weighted by Gasteiger charge is 2.36. The fourth-order valence-corrected chi connectivity index (χ4v) is 5.10. The third-order valence-corrected chi connectivity index (χ3v) is 6.55. The Balaban J connectivity index is 1.66. The van der Waals surface area contributed by atoms with Crippen LogP contribution < -0.4 is 4.74 Å². The molecule has 7 nitrogen and oxygen atoms in total. The molecule has 1 aromatic rings. The molecule has 0 aromatic heterocycles. The summed E-state index contributed by atoms with van der Waals surface area (Å²) in [6.45, 7) is 3.73. The Morgan fingerprint density at radius 2 is 2.07 bits per heavy atom. The van der Waals surface area contributed by atoms with Gasteiger partial charge in [-0.15, -0.1) is 0 Å². The number of para-hydroxylation sites is 1. The van der Waals surface area contributed by atoms with Crippen LogP contribution in [0.5, 0.6) is 5.75 Å². The number of carbonyl (C=O) groups excluding carboxylic acids is 2. The summed E-state index contributed by atoms with van der Waals surface area (Å²) in [5.41, 5.74) is 1.11. The number of esters is 1. The minimum absolute atomic E-state index is 0.0387. The molecule has 27 heavy (non-hydrogen) atoms. The molecule has 1 saturated heterocycles. The molecule has 1 fully saturated rings. The highest BCUT2D eigenvalue weighted by atomic mass is 32.2. The van der Waals surface area contributed by atoms with E-state index in [-0.39, 0.29) is 30.1 Å². The molecule has 2 heterocycles. The molecule has 146 valence electrons. The Bertz CT molecular complexity index is 876. The third kappa shape index (κ3) is 4.32. The van der Waals surface area contributed by atoms with E-state index >= 15 is 0 Å². The van der Waals surface area contributed by atoms with E-state index in [9.17, 15) is 18.0 Å².